The predicted octanol–water partition coefficient (Wildman–Crippen LogP) is 3.24. The number of aliphatic hydroxyl groups excluding tert-OH is 1. The lowest BCUT2D eigenvalue weighted by atomic mass is 9.96. The molecule has 44 heavy (non-hydrogen) atoms. The van der Waals surface area contributed by atoms with Crippen LogP contribution in [0.15, 0.2) is 66.7 Å². The molecule has 1 fully saturated rings. The zero-order valence-electron chi connectivity index (χ0n) is 24.9. The summed E-state index contributed by atoms with van der Waals surface area (Å²) >= 11 is 0. The van der Waals surface area contributed by atoms with Crippen LogP contribution < -0.4 is 10.6 Å². The van der Waals surface area contributed by atoms with Crippen LogP contribution in [-0.2, 0) is 9.63 Å². The molecule has 0 aromatic heterocycles. The number of fused-ring (bicyclic) bond motifs is 1. The first-order valence-electron chi connectivity index (χ1n) is 14.6. The highest BCUT2D eigenvalue weighted by molar-refractivity contribution is 6.37. The Morgan fingerprint density at radius 1 is 0.955 bits per heavy atom. The monoisotopic (exact) mass is 599 g/mol. The van der Waals surface area contributed by atoms with Gasteiger partial charge in [-0.2, -0.15) is 0 Å². The number of hydroxylamine groups is 2. The van der Waals surface area contributed by atoms with Gasteiger partial charge in [-0.1, -0.05) is 30.3 Å². The van der Waals surface area contributed by atoms with E-state index in [0.717, 1.165) is 31.7 Å². The van der Waals surface area contributed by atoms with Crippen LogP contribution in [-0.4, -0.2) is 102 Å². The number of carboxylic acid groups (broad SMARTS) is 1. The number of aryl methyl sites for hydroxylation is 1. The lowest BCUT2D eigenvalue weighted by molar-refractivity contribution is -0.111. The Hall–Kier alpha value is -4.55. The van der Waals surface area contributed by atoms with Crippen LogP contribution in [0.3, 0.4) is 0 Å². The standard InChI is InChI=1S/C33H37N5O6/c1-22-20-27-28(21-26(22)33(42)43)35-31(40)29(27)30(23-6-4-3-5-7-23)34-25-10-8-24(9-11-25)32(41)36(2)44-19-17-38-14-12-37(13-15-38)16-18-39/h3-11,20-21,34,39H,12-19H2,1-2H3,(H,35,40)(H,42,43). The lowest BCUT2D eigenvalue weighted by Gasteiger charge is -2.34. The van der Waals surface area contributed by atoms with E-state index in [1.54, 1.807) is 44.3 Å². The summed E-state index contributed by atoms with van der Waals surface area (Å²) in [7, 11) is 1.60. The van der Waals surface area contributed by atoms with E-state index in [1.807, 2.05) is 30.3 Å². The van der Waals surface area contributed by atoms with E-state index in [2.05, 4.69) is 20.4 Å². The van der Waals surface area contributed by atoms with Gasteiger partial charge in [0.1, 0.15) is 0 Å². The van der Waals surface area contributed by atoms with Crippen molar-refractivity contribution in [3.05, 3.63) is 94.5 Å². The summed E-state index contributed by atoms with van der Waals surface area (Å²) in [5.74, 6) is -1.68. The van der Waals surface area contributed by atoms with Crippen molar-refractivity contribution in [2.75, 3.05) is 70.2 Å². The van der Waals surface area contributed by atoms with Crippen LogP contribution in [0.1, 0.15) is 37.4 Å². The van der Waals surface area contributed by atoms with Crippen molar-refractivity contribution in [3.63, 3.8) is 0 Å². The summed E-state index contributed by atoms with van der Waals surface area (Å²) in [6, 6.07) is 19.5. The van der Waals surface area contributed by atoms with Crippen LogP contribution in [0, 0.1) is 6.92 Å². The fourth-order valence-corrected chi connectivity index (χ4v) is 5.45. The van der Waals surface area contributed by atoms with Crippen molar-refractivity contribution >= 4 is 40.4 Å². The molecule has 3 aromatic carbocycles. The number of piperazine rings is 1. The zero-order chi connectivity index (χ0) is 31.2. The first-order valence-corrected chi connectivity index (χ1v) is 14.6. The van der Waals surface area contributed by atoms with E-state index in [0.29, 0.717) is 59.0 Å². The van der Waals surface area contributed by atoms with Gasteiger partial charge in [0.2, 0.25) is 0 Å². The fourth-order valence-electron chi connectivity index (χ4n) is 5.45. The Bertz CT molecular complexity index is 1550. The quantitative estimate of drug-likeness (QED) is 0.194. The van der Waals surface area contributed by atoms with E-state index in [9.17, 15) is 19.5 Å². The average molecular weight is 600 g/mol. The van der Waals surface area contributed by atoms with Crippen LogP contribution in [0.25, 0.3) is 11.3 Å². The van der Waals surface area contributed by atoms with E-state index < -0.39 is 5.97 Å². The number of anilines is 2. The maximum absolute atomic E-state index is 13.2. The minimum atomic E-state index is -1.06. The molecule has 11 nitrogen and oxygen atoms in total. The number of benzene rings is 3. The summed E-state index contributed by atoms with van der Waals surface area (Å²) in [6.07, 6.45) is 0. The van der Waals surface area contributed by atoms with Crippen molar-refractivity contribution in [3.8, 4) is 0 Å². The fraction of sp³-hybridized carbons (Fsp3) is 0.303. The van der Waals surface area contributed by atoms with Gasteiger partial charge in [0.05, 0.1) is 35.7 Å². The topological polar surface area (TPSA) is 135 Å². The van der Waals surface area contributed by atoms with Crippen molar-refractivity contribution in [2.24, 2.45) is 0 Å². The molecule has 1 saturated heterocycles. The third kappa shape index (κ3) is 6.98. The minimum absolute atomic E-state index is 0.130. The Morgan fingerprint density at radius 2 is 1.61 bits per heavy atom. The maximum Gasteiger partial charge on any atom is 0.336 e. The molecule has 4 N–H and O–H groups in total. The number of rotatable bonds is 11. The zero-order valence-corrected chi connectivity index (χ0v) is 24.9. The minimum Gasteiger partial charge on any atom is -0.478 e. The second kappa shape index (κ2) is 13.8. The molecule has 0 spiro atoms. The van der Waals surface area contributed by atoms with Crippen LogP contribution in [0.5, 0.6) is 0 Å². The van der Waals surface area contributed by atoms with Gasteiger partial charge in [-0.25, -0.2) is 9.86 Å². The molecule has 0 radical (unpaired) electrons. The molecule has 11 heteroatoms. The molecular weight excluding hydrogens is 562 g/mol. The molecule has 0 bridgehead atoms. The molecule has 0 unspecified atom stereocenters. The van der Waals surface area contributed by atoms with Crippen LogP contribution in [0.2, 0.25) is 0 Å². The highest BCUT2D eigenvalue weighted by Crippen LogP contribution is 2.39. The van der Waals surface area contributed by atoms with E-state index in [1.165, 1.54) is 11.1 Å². The van der Waals surface area contributed by atoms with Crippen molar-refractivity contribution in [1.29, 1.82) is 0 Å². The van der Waals surface area contributed by atoms with Gasteiger partial charge in [-0.3, -0.25) is 24.2 Å². The van der Waals surface area contributed by atoms with Gasteiger partial charge in [-0.15, -0.1) is 0 Å². The molecule has 0 saturated carbocycles. The largest absolute Gasteiger partial charge is 0.478 e. The molecule has 3 aromatic rings. The maximum atomic E-state index is 13.2. The normalized spacial score (nSPS) is 16.3. The number of nitrogens with zero attached hydrogens (tertiary/aromatic N) is 3. The molecule has 2 aliphatic rings. The smallest absolute Gasteiger partial charge is 0.336 e. The summed E-state index contributed by atoms with van der Waals surface area (Å²) in [5.41, 5.74) is 4.57. The number of hydrogen-bond acceptors (Lipinski definition) is 8. The highest BCUT2D eigenvalue weighted by atomic mass is 16.7. The highest BCUT2D eigenvalue weighted by Gasteiger charge is 2.30. The van der Waals surface area contributed by atoms with E-state index >= 15 is 0 Å². The Morgan fingerprint density at radius 3 is 2.25 bits per heavy atom. The second-order valence-electron chi connectivity index (χ2n) is 10.8. The Balaban J connectivity index is 1.29. The number of carboxylic acids is 1. The number of nitrogens with one attached hydrogen (secondary N) is 2. The van der Waals surface area contributed by atoms with Gasteiger partial charge < -0.3 is 20.8 Å². The summed E-state index contributed by atoms with van der Waals surface area (Å²) in [5, 5.41) is 26.1. The van der Waals surface area contributed by atoms with Gasteiger partial charge in [-0.05, 0) is 54.4 Å². The van der Waals surface area contributed by atoms with Gasteiger partial charge in [0.25, 0.3) is 11.8 Å². The van der Waals surface area contributed by atoms with Crippen molar-refractivity contribution < 1.29 is 29.4 Å². The third-order valence-corrected chi connectivity index (χ3v) is 7.91. The number of β-amino-alcohol motifs (C(OH)–C–C–N with tert-alkyl or cyclic N) is 1. The number of aromatic carboxylic acids is 1. The SMILES string of the molecule is Cc1cc2c(cc1C(=O)O)NC(=O)C2=C(Nc1ccc(C(=O)N(C)OCCN2CCN(CCO)CC2)cc1)c1ccccc1. The average Bonchev–Trinajstić information content (AvgIpc) is 3.34. The Labute approximate surface area is 256 Å². The molecule has 2 aliphatic heterocycles. The van der Waals surface area contributed by atoms with Gasteiger partial charge in [0, 0.05) is 63.1 Å². The summed E-state index contributed by atoms with van der Waals surface area (Å²) in [4.78, 5) is 48.2. The number of carbonyl (C=O) groups is 3. The lowest BCUT2D eigenvalue weighted by Crippen LogP contribution is -2.48. The first kappa shape index (κ1) is 30.9. The van der Waals surface area contributed by atoms with Gasteiger partial charge >= 0.3 is 5.97 Å². The molecule has 0 aliphatic carbocycles. The molecule has 230 valence electrons. The second-order valence-corrected chi connectivity index (χ2v) is 10.8. The van der Waals surface area contributed by atoms with E-state index in [-0.39, 0.29) is 24.0 Å². The molecular formula is C33H37N5O6. The Kier molecular flexibility index (Phi) is 9.71. The molecule has 0 atom stereocenters. The number of aliphatic hydroxyl groups is 1. The number of hydrogen-bond donors (Lipinski definition) is 4. The summed E-state index contributed by atoms with van der Waals surface area (Å²) in [6.45, 7) is 7.25. The molecule has 2 amide bonds. The third-order valence-electron chi connectivity index (χ3n) is 7.91. The number of amides is 2. The predicted molar refractivity (Wildman–Crippen MR) is 168 cm³/mol. The van der Waals surface area contributed by atoms with Crippen molar-refractivity contribution in [1.82, 2.24) is 14.9 Å². The van der Waals surface area contributed by atoms with Gasteiger partial charge in [0.15, 0.2) is 0 Å². The molecule has 5 rings (SSSR count). The first-order chi connectivity index (χ1) is 21.2. The van der Waals surface area contributed by atoms with E-state index in [4.69, 9.17) is 9.94 Å². The number of carbonyl (C=O) groups excluding carboxylic acids is 2. The molecule has 2 heterocycles. The summed E-state index contributed by atoms with van der Waals surface area (Å²) < 4.78 is 0. The van der Waals surface area contributed by atoms with Crippen molar-refractivity contribution in [2.45, 2.75) is 6.92 Å². The van der Waals surface area contributed by atoms with Crippen LogP contribution in [0.4, 0.5) is 11.4 Å². The van der Waals surface area contributed by atoms with Crippen LogP contribution >= 0.6 is 0 Å².